The number of aromatic nitrogens is 1. The van der Waals surface area contributed by atoms with Crippen LogP contribution in [0, 0.1) is 17.2 Å². The van der Waals surface area contributed by atoms with E-state index in [-0.39, 0.29) is 42.3 Å². The maximum absolute atomic E-state index is 13.1. The Kier molecular flexibility index (Phi) is 25.4. The number of pyridine rings is 1. The molecule has 18 heteroatoms. The fourth-order valence-electron chi connectivity index (χ4n) is 8.63. The molecule has 0 fully saturated rings. The van der Waals surface area contributed by atoms with Crippen LogP contribution >= 0.6 is 27.5 Å². The molecule has 6 rings (SSSR count). The number of ether oxygens (including phenoxy) is 7. The maximum atomic E-state index is 13.1. The molecule has 0 aliphatic carbocycles. The van der Waals surface area contributed by atoms with Gasteiger partial charge < -0.3 is 54.0 Å². The van der Waals surface area contributed by atoms with Crippen molar-refractivity contribution < 1.29 is 47.5 Å². The van der Waals surface area contributed by atoms with Crippen LogP contribution in [0.3, 0.4) is 0 Å². The van der Waals surface area contributed by atoms with E-state index in [0.29, 0.717) is 119 Å². The summed E-state index contributed by atoms with van der Waals surface area (Å²) >= 11 is 9.47. The zero-order valence-corrected chi connectivity index (χ0v) is 46.0. The van der Waals surface area contributed by atoms with Gasteiger partial charge in [0.1, 0.15) is 22.9 Å². The van der Waals surface area contributed by atoms with Crippen molar-refractivity contribution in [3.63, 3.8) is 0 Å². The summed E-state index contributed by atoms with van der Waals surface area (Å²) in [5.74, 6) is -0.650. The van der Waals surface area contributed by atoms with E-state index in [4.69, 9.17) is 44.8 Å². The van der Waals surface area contributed by atoms with Gasteiger partial charge in [-0.05, 0) is 131 Å². The second-order valence-corrected chi connectivity index (χ2v) is 19.3. The SMILES string of the molecule is CCCC(NC(=O)C(C#N)Cc1cccc(Br)n1)c1ccc(OCCOCCOCCOCCOCCOCCOCCNC(=O)c2ccc(-c3ccc4c(c3)C(Nc3ccc(Cl)cc3)C[C@H](C)N4C(C)=O)cc2)cc1. The molecular weight excluding hydrogens is 1060 g/mol. The molecule has 1 aliphatic heterocycles. The summed E-state index contributed by atoms with van der Waals surface area (Å²) in [6.07, 6.45) is 2.57. The number of carbonyl (C=O) groups is 3. The molecule has 0 saturated heterocycles. The molecule has 3 N–H and O–H groups in total. The Balaban J connectivity index is 0.728. The fraction of sp³-hybridized carbons (Fsp3) is 0.431. The molecular formula is C58H70BrClN6O10. The molecule has 1 aliphatic rings. The first-order valence-corrected chi connectivity index (χ1v) is 27.0. The molecule has 3 unspecified atom stereocenters. The van der Waals surface area contributed by atoms with E-state index in [1.54, 1.807) is 19.1 Å². The Bertz CT molecular complexity index is 2610. The van der Waals surface area contributed by atoms with Crippen LogP contribution in [-0.2, 0) is 44.4 Å². The average molecular weight is 1130 g/mol. The smallest absolute Gasteiger partial charge is 0.251 e. The minimum Gasteiger partial charge on any atom is -0.491 e. The Morgan fingerprint density at radius 3 is 1.93 bits per heavy atom. The van der Waals surface area contributed by atoms with E-state index < -0.39 is 5.92 Å². The van der Waals surface area contributed by atoms with Crippen molar-refractivity contribution in [3.05, 3.63) is 141 Å². The summed E-state index contributed by atoms with van der Waals surface area (Å²) in [6.45, 7) is 11.5. The first-order chi connectivity index (χ1) is 37.0. The lowest BCUT2D eigenvalue weighted by atomic mass is 9.88. The second-order valence-electron chi connectivity index (χ2n) is 18.1. The standard InChI is InChI=1S/C58H70BrClN6O10/c1-4-6-53(65-58(69)47(40-61)38-50-7-5-8-56(59)64-50)44-13-20-51(21-14-44)76-36-35-75-34-33-74-32-31-73-30-29-72-28-27-71-26-25-70-24-23-62-57(68)45-11-9-43(10-12-45)46-15-22-55-52(39-46)54(37-41(2)66(55)42(3)67)63-49-18-16-48(60)17-19-49/h5,7-22,39,41,47,53-54,63H,4,6,23-38H2,1-3H3,(H,62,68)(H,65,69)/t41-,47?,53?,54?/m0/s1. The van der Waals surface area contributed by atoms with E-state index in [1.165, 1.54) is 0 Å². The molecule has 3 amide bonds. The van der Waals surface area contributed by atoms with Crippen LogP contribution in [0.15, 0.2) is 114 Å². The third-order valence-corrected chi connectivity index (χ3v) is 13.1. The van der Waals surface area contributed by atoms with Gasteiger partial charge in [-0.2, -0.15) is 5.26 Å². The van der Waals surface area contributed by atoms with Gasteiger partial charge in [-0.15, -0.1) is 0 Å². The average Bonchev–Trinajstić information content (AvgIpc) is 3.43. The Hall–Kier alpha value is -5.94. The number of hydrogen-bond acceptors (Lipinski definition) is 13. The van der Waals surface area contributed by atoms with Crippen LogP contribution in [0.25, 0.3) is 11.1 Å². The van der Waals surface area contributed by atoms with Crippen molar-refractivity contribution in [2.75, 3.05) is 103 Å². The third kappa shape index (κ3) is 19.6. The number of nitriles is 1. The predicted octanol–water partition coefficient (Wildman–Crippen LogP) is 9.71. The molecule has 0 saturated carbocycles. The molecule has 4 atom stereocenters. The van der Waals surface area contributed by atoms with Crippen LogP contribution < -0.4 is 25.6 Å². The zero-order valence-electron chi connectivity index (χ0n) is 43.6. The van der Waals surface area contributed by atoms with Gasteiger partial charge in [-0.1, -0.05) is 61.3 Å². The third-order valence-electron chi connectivity index (χ3n) is 12.4. The van der Waals surface area contributed by atoms with Crippen LogP contribution in [0.1, 0.15) is 79.3 Å². The fourth-order valence-corrected chi connectivity index (χ4v) is 9.14. The Morgan fingerprint density at radius 2 is 1.36 bits per heavy atom. The zero-order chi connectivity index (χ0) is 53.9. The summed E-state index contributed by atoms with van der Waals surface area (Å²) in [5.41, 5.74) is 6.99. The topological polar surface area (TPSA) is 192 Å². The van der Waals surface area contributed by atoms with E-state index in [9.17, 15) is 19.6 Å². The molecule has 0 radical (unpaired) electrons. The lowest BCUT2D eigenvalue weighted by Crippen LogP contribution is -2.43. The molecule has 5 aromatic rings. The number of nitrogens with zero attached hydrogens (tertiary/aromatic N) is 3. The normalized spacial score (nSPS) is 14.8. The van der Waals surface area contributed by atoms with Gasteiger partial charge in [0.2, 0.25) is 11.8 Å². The van der Waals surface area contributed by atoms with E-state index in [1.807, 2.05) is 95.9 Å². The highest BCUT2D eigenvalue weighted by atomic mass is 79.9. The Morgan fingerprint density at radius 1 is 0.763 bits per heavy atom. The van der Waals surface area contributed by atoms with Crippen molar-refractivity contribution in [1.29, 1.82) is 5.26 Å². The minimum absolute atomic E-state index is 0.00538. The number of benzene rings is 4. The molecule has 76 heavy (non-hydrogen) atoms. The summed E-state index contributed by atoms with van der Waals surface area (Å²) in [7, 11) is 0. The van der Waals surface area contributed by atoms with Gasteiger partial charge in [-0.25, -0.2) is 4.98 Å². The molecule has 16 nitrogen and oxygen atoms in total. The monoisotopic (exact) mass is 1120 g/mol. The number of hydrogen-bond donors (Lipinski definition) is 3. The van der Waals surface area contributed by atoms with Crippen LogP contribution in [-0.4, -0.2) is 121 Å². The van der Waals surface area contributed by atoms with Gasteiger partial charge in [0, 0.05) is 53.6 Å². The minimum atomic E-state index is -0.849. The van der Waals surface area contributed by atoms with Gasteiger partial charge >= 0.3 is 0 Å². The van der Waals surface area contributed by atoms with Crippen LogP contribution in [0.4, 0.5) is 11.4 Å². The van der Waals surface area contributed by atoms with Crippen molar-refractivity contribution in [2.24, 2.45) is 5.92 Å². The summed E-state index contributed by atoms with van der Waals surface area (Å²) in [5, 5.41) is 20.0. The first kappa shape index (κ1) is 59.3. The lowest BCUT2D eigenvalue weighted by Gasteiger charge is -2.39. The molecule has 1 aromatic heterocycles. The second kappa shape index (κ2) is 32.6. The highest BCUT2D eigenvalue weighted by molar-refractivity contribution is 9.10. The van der Waals surface area contributed by atoms with Crippen LogP contribution in [0.2, 0.25) is 5.02 Å². The molecule has 406 valence electrons. The van der Waals surface area contributed by atoms with Gasteiger partial charge in [-0.3, -0.25) is 14.4 Å². The maximum Gasteiger partial charge on any atom is 0.251 e. The Labute approximate surface area is 460 Å². The molecule has 0 spiro atoms. The lowest BCUT2D eigenvalue weighted by molar-refractivity contribution is -0.124. The number of rotatable bonds is 33. The summed E-state index contributed by atoms with van der Waals surface area (Å²) < 4.78 is 40.1. The molecule has 0 bridgehead atoms. The van der Waals surface area contributed by atoms with Crippen molar-refractivity contribution in [1.82, 2.24) is 15.6 Å². The number of fused-ring (bicyclic) bond motifs is 1. The van der Waals surface area contributed by atoms with E-state index in [0.717, 1.165) is 52.9 Å². The number of amides is 3. The van der Waals surface area contributed by atoms with Gasteiger partial charge in [0.15, 0.2) is 0 Å². The van der Waals surface area contributed by atoms with Crippen LogP contribution in [0.5, 0.6) is 5.75 Å². The number of carbonyl (C=O) groups excluding carboxylic acids is 3. The number of nitrogens with one attached hydrogen (secondary N) is 3. The van der Waals surface area contributed by atoms with Gasteiger partial charge in [0.25, 0.3) is 5.91 Å². The summed E-state index contributed by atoms with van der Waals surface area (Å²) in [4.78, 5) is 44.8. The number of halogens is 2. The first-order valence-electron chi connectivity index (χ1n) is 25.9. The highest BCUT2D eigenvalue weighted by Crippen LogP contribution is 2.41. The van der Waals surface area contributed by atoms with Gasteiger partial charge in [0.05, 0.1) is 97.4 Å². The quantitative estimate of drug-likeness (QED) is 0.0266. The molecule has 2 heterocycles. The molecule has 4 aromatic carbocycles. The van der Waals surface area contributed by atoms with Crippen molar-refractivity contribution in [3.8, 4) is 22.9 Å². The van der Waals surface area contributed by atoms with E-state index >= 15 is 0 Å². The van der Waals surface area contributed by atoms with E-state index in [2.05, 4.69) is 62.8 Å². The largest absolute Gasteiger partial charge is 0.491 e. The highest BCUT2D eigenvalue weighted by Gasteiger charge is 2.33. The predicted molar refractivity (Wildman–Crippen MR) is 297 cm³/mol. The van der Waals surface area contributed by atoms with Crippen molar-refractivity contribution >= 4 is 56.6 Å². The number of anilines is 2. The van der Waals surface area contributed by atoms with Crippen molar-refractivity contribution in [2.45, 2.75) is 64.6 Å². The summed E-state index contributed by atoms with van der Waals surface area (Å²) in [6, 6.07) is 36.2.